The molecule has 0 aliphatic carbocycles. The van der Waals surface area contributed by atoms with Gasteiger partial charge in [-0.15, -0.1) is 0 Å². The lowest BCUT2D eigenvalue weighted by Crippen LogP contribution is -2.43. The topological polar surface area (TPSA) is 92.5 Å². The highest BCUT2D eigenvalue weighted by atomic mass is 35.5. The summed E-state index contributed by atoms with van der Waals surface area (Å²) < 4.78 is 39.7. The summed E-state index contributed by atoms with van der Waals surface area (Å²) in [5.41, 5.74) is 1.86. The fourth-order valence-corrected chi connectivity index (χ4v) is 3.39. The van der Waals surface area contributed by atoms with Gasteiger partial charge < -0.3 is 0 Å². The number of hydrogen-bond acceptors (Lipinski definition) is 4. The van der Waals surface area contributed by atoms with Gasteiger partial charge in [-0.1, -0.05) is 17.7 Å². The third-order valence-corrected chi connectivity index (χ3v) is 4.99. The Morgan fingerprint density at radius 2 is 1.87 bits per heavy atom. The maximum atomic E-state index is 13.4. The average Bonchev–Trinajstić information content (AvgIpc) is 2.52. The number of nitrogens with two attached hydrogens (primary N) is 1. The van der Waals surface area contributed by atoms with Crippen molar-refractivity contribution in [1.29, 1.82) is 0 Å². The summed E-state index contributed by atoms with van der Waals surface area (Å²) in [5.74, 6) is 3.64. The highest BCUT2D eigenvalue weighted by molar-refractivity contribution is 7.92. The summed E-state index contributed by atoms with van der Waals surface area (Å²) in [6, 6.07) is 10.3. The average molecular weight is 358 g/mol. The van der Waals surface area contributed by atoms with Gasteiger partial charge in [-0.25, -0.2) is 18.7 Å². The van der Waals surface area contributed by atoms with Gasteiger partial charge in [0.15, 0.2) is 0 Å². The second kappa shape index (κ2) is 6.95. The molecular formula is C14H13ClFN3O3S. The molecule has 9 heteroatoms. The fraction of sp³-hybridized carbons (Fsp3) is 0.0714. The molecule has 0 aromatic heterocycles. The minimum atomic E-state index is -4.10. The molecule has 0 unspecified atom stereocenters. The third kappa shape index (κ3) is 3.98. The summed E-state index contributed by atoms with van der Waals surface area (Å²) in [5, 5.41) is 0.362. The van der Waals surface area contributed by atoms with E-state index in [1.807, 2.05) is 5.43 Å². The summed E-state index contributed by atoms with van der Waals surface area (Å²) in [6.45, 7) is -0.592. The Morgan fingerprint density at radius 3 is 2.43 bits per heavy atom. The molecule has 0 atom stereocenters. The highest BCUT2D eigenvalue weighted by Crippen LogP contribution is 2.25. The summed E-state index contributed by atoms with van der Waals surface area (Å²) in [4.78, 5) is 11.5. The van der Waals surface area contributed by atoms with Crippen LogP contribution in [0.2, 0.25) is 5.02 Å². The van der Waals surface area contributed by atoms with Crippen LogP contribution in [0.1, 0.15) is 0 Å². The van der Waals surface area contributed by atoms with E-state index in [0.717, 1.165) is 10.4 Å². The maximum Gasteiger partial charge on any atom is 0.264 e. The number of sulfonamides is 1. The van der Waals surface area contributed by atoms with Gasteiger partial charge in [0, 0.05) is 5.02 Å². The van der Waals surface area contributed by atoms with E-state index < -0.39 is 28.3 Å². The second-order valence-electron chi connectivity index (χ2n) is 4.51. The monoisotopic (exact) mass is 357 g/mol. The molecule has 0 heterocycles. The normalized spacial score (nSPS) is 11.1. The molecule has 2 rings (SSSR count). The summed E-state index contributed by atoms with van der Waals surface area (Å²) in [7, 11) is -4.10. The number of benzene rings is 2. The van der Waals surface area contributed by atoms with E-state index in [-0.39, 0.29) is 10.6 Å². The largest absolute Gasteiger partial charge is 0.293 e. The molecule has 0 fully saturated rings. The van der Waals surface area contributed by atoms with Gasteiger partial charge in [-0.3, -0.25) is 14.5 Å². The molecule has 0 saturated heterocycles. The first kappa shape index (κ1) is 17.2. The quantitative estimate of drug-likeness (QED) is 0.483. The van der Waals surface area contributed by atoms with Gasteiger partial charge in [-0.2, -0.15) is 0 Å². The van der Waals surface area contributed by atoms with E-state index in [4.69, 9.17) is 17.4 Å². The summed E-state index contributed by atoms with van der Waals surface area (Å²) >= 11 is 5.75. The molecule has 0 saturated carbocycles. The van der Waals surface area contributed by atoms with Crippen molar-refractivity contribution in [3.63, 3.8) is 0 Å². The van der Waals surface area contributed by atoms with E-state index in [9.17, 15) is 17.6 Å². The van der Waals surface area contributed by atoms with E-state index in [0.29, 0.717) is 5.02 Å². The molecular weight excluding hydrogens is 345 g/mol. The molecule has 122 valence electrons. The van der Waals surface area contributed by atoms with Crippen molar-refractivity contribution in [3.8, 4) is 0 Å². The van der Waals surface area contributed by atoms with Crippen LogP contribution in [-0.2, 0) is 14.8 Å². The van der Waals surface area contributed by atoms with Crippen molar-refractivity contribution in [1.82, 2.24) is 5.43 Å². The van der Waals surface area contributed by atoms with E-state index >= 15 is 0 Å². The molecule has 0 aliphatic heterocycles. The lowest BCUT2D eigenvalue weighted by atomic mass is 10.3. The number of amides is 1. The number of carbonyl (C=O) groups excluding carboxylic acids is 1. The molecule has 1 amide bonds. The lowest BCUT2D eigenvalue weighted by molar-refractivity contribution is -0.119. The smallest absolute Gasteiger partial charge is 0.264 e. The number of hydrazine groups is 1. The van der Waals surface area contributed by atoms with Crippen LogP contribution in [0.4, 0.5) is 10.1 Å². The highest BCUT2D eigenvalue weighted by Gasteiger charge is 2.27. The molecule has 3 N–H and O–H groups in total. The van der Waals surface area contributed by atoms with Crippen LogP contribution in [-0.4, -0.2) is 20.9 Å². The zero-order chi connectivity index (χ0) is 17.0. The Morgan fingerprint density at radius 1 is 1.22 bits per heavy atom. The molecule has 23 heavy (non-hydrogen) atoms. The number of anilines is 1. The number of halogens is 2. The van der Waals surface area contributed by atoms with Gasteiger partial charge in [-0.05, 0) is 42.5 Å². The van der Waals surface area contributed by atoms with Crippen LogP contribution < -0.4 is 15.6 Å². The molecule has 0 radical (unpaired) electrons. The van der Waals surface area contributed by atoms with Gasteiger partial charge in [0.2, 0.25) is 0 Å². The summed E-state index contributed by atoms with van der Waals surface area (Å²) in [6.07, 6.45) is 0. The van der Waals surface area contributed by atoms with Gasteiger partial charge in [0.05, 0.1) is 10.6 Å². The predicted molar refractivity (Wildman–Crippen MR) is 84.7 cm³/mol. The van der Waals surface area contributed by atoms with Gasteiger partial charge >= 0.3 is 0 Å². The minimum Gasteiger partial charge on any atom is -0.293 e. The van der Waals surface area contributed by atoms with Gasteiger partial charge in [0.1, 0.15) is 12.4 Å². The lowest BCUT2D eigenvalue weighted by Gasteiger charge is -2.23. The van der Waals surface area contributed by atoms with Crippen LogP contribution in [0.3, 0.4) is 0 Å². The Bertz CT molecular complexity index is 812. The number of nitrogens with one attached hydrogen (secondary N) is 1. The van der Waals surface area contributed by atoms with Crippen molar-refractivity contribution < 1.29 is 17.6 Å². The zero-order valence-electron chi connectivity index (χ0n) is 11.7. The first-order valence-electron chi connectivity index (χ1n) is 6.38. The standard InChI is InChI=1S/C14H13ClFN3O3S/c15-10-4-6-13(7-5-10)23(21,22)19(9-14(20)18-17)12-3-1-2-11(16)8-12/h1-8H,9,17H2,(H,18,20). The molecule has 0 aliphatic rings. The Balaban J connectivity index is 2.51. The van der Waals surface area contributed by atoms with Crippen molar-refractivity contribution in [2.75, 3.05) is 10.8 Å². The Kier molecular flexibility index (Phi) is 5.19. The number of hydrogen-bond donors (Lipinski definition) is 2. The maximum absolute atomic E-state index is 13.4. The van der Waals surface area contributed by atoms with Crippen molar-refractivity contribution in [2.24, 2.45) is 5.84 Å². The third-order valence-electron chi connectivity index (χ3n) is 2.95. The molecule has 2 aromatic rings. The Hall–Kier alpha value is -2.16. The van der Waals surface area contributed by atoms with Crippen LogP contribution in [0, 0.1) is 5.82 Å². The first-order chi connectivity index (χ1) is 10.8. The van der Waals surface area contributed by atoms with E-state index in [1.165, 1.54) is 42.5 Å². The Labute approximate surface area is 137 Å². The predicted octanol–water partition coefficient (Wildman–Crippen LogP) is 1.66. The fourth-order valence-electron chi connectivity index (χ4n) is 1.86. The van der Waals surface area contributed by atoms with Crippen LogP contribution in [0.25, 0.3) is 0 Å². The molecule has 0 spiro atoms. The number of rotatable bonds is 5. The minimum absolute atomic E-state index is 0.00329. The van der Waals surface area contributed by atoms with Crippen molar-refractivity contribution in [3.05, 3.63) is 59.4 Å². The van der Waals surface area contributed by atoms with Crippen molar-refractivity contribution >= 4 is 33.2 Å². The van der Waals surface area contributed by atoms with Crippen LogP contribution in [0.5, 0.6) is 0 Å². The molecule has 2 aromatic carbocycles. The van der Waals surface area contributed by atoms with Gasteiger partial charge in [0.25, 0.3) is 15.9 Å². The number of carbonyl (C=O) groups is 1. The van der Waals surface area contributed by atoms with Crippen molar-refractivity contribution in [2.45, 2.75) is 4.90 Å². The van der Waals surface area contributed by atoms with Crippen LogP contribution >= 0.6 is 11.6 Å². The second-order valence-corrected chi connectivity index (χ2v) is 6.81. The first-order valence-corrected chi connectivity index (χ1v) is 8.19. The van der Waals surface area contributed by atoms with E-state index in [1.54, 1.807) is 0 Å². The zero-order valence-corrected chi connectivity index (χ0v) is 13.3. The molecule has 6 nitrogen and oxygen atoms in total. The SMILES string of the molecule is NNC(=O)CN(c1cccc(F)c1)S(=O)(=O)c1ccc(Cl)cc1. The van der Waals surface area contributed by atoms with E-state index in [2.05, 4.69) is 0 Å². The molecule has 0 bridgehead atoms. The van der Waals surface area contributed by atoms with Crippen LogP contribution in [0.15, 0.2) is 53.4 Å². The number of nitrogens with zero attached hydrogens (tertiary/aromatic N) is 1.